The van der Waals surface area contributed by atoms with Crippen molar-refractivity contribution in [1.82, 2.24) is 0 Å². The number of aliphatic carboxylic acids is 1. The molecule has 0 bridgehead atoms. The summed E-state index contributed by atoms with van der Waals surface area (Å²) >= 11 is 0. The molecule has 0 aromatic rings. The minimum atomic E-state index is -1.15. The van der Waals surface area contributed by atoms with Crippen molar-refractivity contribution in [2.45, 2.75) is 122 Å². The summed E-state index contributed by atoms with van der Waals surface area (Å²) in [6.07, 6.45) is 52.8. The first-order valence-electron chi connectivity index (χ1n) is 20.6. The summed E-state index contributed by atoms with van der Waals surface area (Å²) in [6.45, 7) is 4.21. The van der Waals surface area contributed by atoms with Gasteiger partial charge in [-0.15, -0.1) is 0 Å². The smallest absolute Gasteiger partial charge is 0.310 e. The molecule has 0 aromatic carbocycles. The van der Waals surface area contributed by atoms with Gasteiger partial charge < -0.3 is 28.6 Å². The molecule has 8 nitrogen and oxygen atoms in total. The predicted molar refractivity (Wildman–Crippen MR) is 230 cm³/mol. The van der Waals surface area contributed by atoms with E-state index in [1.54, 1.807) is 27.2 Å². The molecular weight excluding hydrogens is 703 g/mol. The average molecular weight is 776 g/mol. The van der Waals surface area contributed by atoms with Gasteiger partial charge in [0.2, 0.25) is 0 Å². The molecule has 0 radical (unpaired) electrons. The Bertz CT molecular complexity index is 1320. The van der Waals surface area contributed by atoms with Crippen molar-refractivity contribution in [3.05, 3.63) is 122 Å². The van der Waals surface area contributed by atoms with Crippen LogP contribution in [0, 0.1) is 0 Å². The van der Waals surface area contributed by atoms with Gasteiger partial charge in [-0.2, -0.15) is 0 Å². The zero-order valence-corrected chi connectivity index (χ0v) is 35.2. The normalized spacial score (nSPS) is 14.2. The summed E-state index contributed by atoms with van der Waals surface area (Å²) in [5.41, 5.74) is 0. The van der Waals surface area contributed by atoms with Crippen LogP contribution in [0.1, 0.15) is 110 Å². The second-order valence-corrected chi connectivity index (χ2v) is 14.1. The quantitative estimate of drug-likeness (QED) is 0.0278. The monoisotopic (exact) mass is 776 g/mol. The second-order valence-electron chi connectivity index (χ2n) is 14.1. The van der Waals surface area contributed by atoms with Crippen molar-refractivity contribution in [3.63, 3.8) is 0 Å². The first kappa shape index (κ1) is 51.7. The van der Waals surface area contributed by atoms with Gasteiger partial charge in [0.05, 0.1) is 46.7 Å². The zero-order chi connectivity index (χ0) is 41.4. The van der Waals surface area contributed by atoms with Crippen molar-refractivity contribution in [2.24, 2.45) is 0 Å². The highest BCUT2D eigenvalue weighted by molar-refractivity contribution is 5.71. The van der Waals surface area contributed by atoms with E-state index in [0.29, 0.717) is 12.8 Å². The lowest BCUT2D eigenvalue weighted by Crippen LogP contribution is -2.55. The van der Waals surface area contributed by atoms with Gasteiger partial charge in [0, 0.05) is 12.8 Å². The first-order chi connectivity index (χ1) is 27.1. The lowest BCUT2D eigenvalue weighted by atomic mass is 10.1. The summed E-state index contributed by atoms with van der Waals surface area (Å²) < 4.78 is 16.9. The largest absolute Gasteiger partial charge is 0.544 e. The standard InChI is InChI=1S/C48H73NO7/c1-6-8-10-12-14-16-17-18-19-20-21-22-23-24-25-26-27-28-29-31-32-34-36-38-46(50)55-43-44(42-54-41-40-45(48(52)53)49(3,4)5)56-47(51)39-37-35-33-30-15-13-11-9-7-2/h8-11,14-16,18-19,21-22,24-25,27-28,30-32,35,37,44-45H,6-7,12-13,17,20,23,26,29,33-34,36,38-43H2,1-5H3/b10-8+,11-9+,16-14+,19-18+,22-21+,25-24+,28-27+,30-15+,32-31+,37-35+. The Morgan fingerprint density at radius 1 is 0.554 bits per heavy atom. The summed E-state index contributed by atoms with van der Waals surface area (Å²) in [6, 6.07) is -0.754. The number of carboxylic acids is 1. The molecule has 8 heteroatoms. The maximum absolute atomic E-state index is 12.5. The van der Waals surface area contributed by atoms with Gasteiger partial charge in [-0.05, 0) is 77.0 Å². The Morgan fingerprint density at radius 2 is 0.964 bits per heavy atom. The van der Waals surface area contributed by atoms with E-state index in [2.05, 4.69) is 117 Å². The summed E-state index contributed by atoms with van der Waals surface area (Å²) in [5.74, 6) is -1.99. The topological polar surface area (TPSA) is 102 Å². The molecule has 0 aliphatic carbocycles. The summed E-state index contributed by atoms with van der Waals surface area (Å²) in [4.78, 5) is 36.6. The van der Waals surface area contributed by atoms with Crippen molar-refractivity contribution < 1.29 is 38.2 Å². The third-order valence-corrected chi connectivity index (χ3v) is 8.13. The fourth-order valence-corrected chi connectivity index (χ4v) is 5.00. The maximum Gasteiger partial charge on any atom is 0.310 e. The average Bonchev–Trinajstić information content (AvgIpc) is 3.15. The van der Waals surface area contributed by atoms with Gasteiger partial charge >= 0.3 is 11.9 Å². The SMILES string of the molecule is CC/C=C/C/C=C/C/C=C/C/C=C/C/C=C/C/C=C/C/C=C/CCCC(=O)OCC(COCCC(C(=O)[O-])[N+](C)(C)C)OC(=O)C/C=C/C/C=C/C/C=C/CC. The van der Waals surface area contributed by atoms with E-state index < -0.39 is 24.1 Å². The molecule has 0 spiro atoms. The number of ether oxygens (including phenoxy) is 3. The van der Waals surface area contributed by atoms with Gasteiger partial charge in [-0.25, -0.2) is 0 Å². The first-order valence-corrected chi connectivity index (χ1v) is 20.6. The predicted octanol–water partition coefficient (Wildman–Crippen LogP) is 9.74. The molecule has 0 saturated carbocycles. The number of hydrogen-bond donors (Lipinski definition) is 0. The van der Waals surface area contributed by atoms with Crippen LogP contribution in [0.4, 0.5) is 0 Å². The van der Waals surface area contributed by atoms with Gasteiger partial charge in [0.15, 0.2) is 6.10 Å². The van der Waals surface area contributed by atoms with Crippen LogP contribution in [-0.4, -0.2) is 75.5 Å². The highest BCUT2D eigenvalue weighted by Gasteiger charge is 2.25. The van der Waals surface area contributed by atoms with Gasteiger partial charge in [-0.1, -0.05) is 135 Å². The van der Waals surface area contributed by atoms with Crippen LogP contribution in [-0.2, 0) is 28.6 Å². The molecule has 0 aromatic heterocycles. The van der Waals surface area contributed by atoms with Crippen LogP contribution in [0.3, 0.4) is 0 Å². The van der Waals surface area contributed by atoms with Crippen molar-refractivity contribution in [3.8, 4) is 0 Å². The number of likely N-dealkylation sites (N-methyl/N-ethyl adjacent to an activating group) is 1. The third kappa shape index (κ3) is 35.4. The number of hydrogen-bond acceptors (Lipinski definition) is 7. The van der Waals surface area contributed by atoms with Crippen LogP contribution >= 0.6 is 0 Å². The number of esters is 2. The summed E-state index contributed by atoms with van der Waals surface area (Å²) in [7, 11) is 5.33. The van der Waals surface area contributed by atoms with Gasteiger partial charge in [-0.3, -0.25) is 9.59 Å². The van der Waals surface area contributed by atoms with E-state index in [9.17, 15) is 19.5 Å². The minimum Gasteiger partial charge on any atom is -0.544 e. The maximum atomic E-state index is 12.5. The molecule has 0 N–H and O–H groups in total. The number of nitrogens with zero attached hydrogens (tertiary/aromatic N) is 1. The van der Waals surface area contributed by atoms with Crippen LogP contribution < -0.4 is 5.11 Å². The molecule has 0 aliphatic rings. The number of quaternary nitrogens is 1. The van der Waals surface area contributed by atoms with E-state index in [4.69, 9.17) is 14.2 Å². The second kappa shape index (κ2) is 37.6. The van der Waals surface area contributed by atoms with Crippen molar-refractivity contribution in [2.75, 3.05) is 41.0 Å². The van der Waals surface area contributed by atoms with Crippen molar-refractivity contribution >= 4 is 17.9 Å². The number of carbonyl (C=O) groups is 3. The van der Waals surface area contributed by atoms with E-state index in [1.807, 2.05) is 12.2 Å². The molecule has 312 valence electrons. The minimum absolute atomic E-state index is 0.0228. The van der Waals surface area contributed by atoms with E-state index in [-0.39, 0.29) is 49.5 Å². The van der Waals surface area contributed by atoms with Crippen LogP contribution in [0.2, 0.25) is 0 Å². The highest BCUT2D eigenvalue weighted by Crippen LogP contribution is 2.09. The van der Waals surface area contributed by atoms with Gasteiger partial charge in [0.1, 0.15) is 12.6 Å². The number of rotatable bonds is 34. The van der Waals surface area contributed by atoms with Crippen molar-refractivity contribution in [1.29, 1.82) is 0 Å². The Labute approximate surface area is 340 Å². The number of allylic oxidation sites excluding steroid dienone is 19. The molecule has 2 unspecified atom stereocenters. The Kier molecular flexibility index (Phi) is 34.8. The fraction of sp³-hybridized carbons (Fsp3) is 0.521. The van der Waals surface area contributed by atoms with E-state index >= 15 is 0 Å². The molecular formula is C48H73NO7. The molecule has 0 saturated heterocycles. The molecule has 0 rings (SSSR count). The molecule has 0 fully saturated rings. The molecule has 2 atom stereocenters. The number of carbonyl (C=O) groups excluding carboxylic acids is 3. The number of carboxylic acid groups (broad SMARTS) is 1. The van der Waals surface area contributed by atoms with Crippen LogP contribution in [0.15, 0.2) is 122 Å². The Hall–Kier alpha value is -4.27. The number of unbranched alkanes of at least 4 members (excludes halogenated alkanes) is 1. The molecule has 0 amide bonds. The third-order valence-electron chi connectivity index (χ3n) is 8.13. The van der Waals surface area contributed by atoms with Crippen LogP contribution in [0.25, 0.3) is 0 Å². The molecule has 56 heavy (non-hydrogen) atoms. The Morgan fingerprint density at radius 3 is 1.38 bits per heavy atom. The molecule has 0 heterocycles. The van der Waals surface area contributed by atoms with E-state index in [1.165, 1.54) is 0 Å². The molecule has 0 aliphatic heterocycles. The zero-order valence-electron chi connectivity index (χ0n) is 35.2. The fourth-order valence-electron chi connectivity index (χ4n) is 5.00. The Balaban J connectivity index is 4.47. The van der Waals surface area contributed by atoms with Gasteiger partial charge in [0.25, 0.3) is 0 Å². The lowest BCUT2D eigenvalue weighted by molar-refractivity contribution is -0.889. The van der Waals surface area contributed by atoms with E-state index in [0.717, 1.165) is 64.2 Å². The highest BCUT2D eigenvalue weighted by atomic mass is 16.6. The lowest BCUT2D eigenvalue weighted by Gasteiger charge is -2.34. The van der Waals surface area contributed by atoms with Crippen LogP contribution in [0.5, 0.6) is 0 Å². The summed E-state index contributed by atoms with van der Waals surface area (Å²) in [5, 5.41) is 11.6.